The van der Waals surface area contributed by atoms with Gasteiger partial charge < -0.3 is 0 Å². The quantitative estimate of drug-likeness (QED) is 0.0473. The summed E-state index contributed by atoms with van der Waals surface area (Å²) in [5.41, 5.74) is 1.58. The average molecular weight is 872 g/mol. The summed E-state index contributed by atoms with van der Waals surface area (Å²) in [5.74, 6) is 2.58. The van der Waals surface area contributed by atoms with Gasteiger partial charge in [-0.3, -0.25) is 0 Å². The van der Waals surface area contributed by atoms with E-state index in [1.165, 1.54) is 323 Å². The summed E-state index contributed by atoms with van der Waals surface area (Å²) in [4.78, 5) is 3.06. The molecule has 0 atom stereocenters. The molecular weight excluding hydrogens is 761 g/mol. The van der Waals surface area contributed by atoms with Crippen LogP contribution in [-0.4, -0.2) is 11.5 Å². The van der Waals surface area contributed by atoms with Gasteiger partial charge in [-0.25, -0.2) is 0 Å². The third-order valence-corrected chi connectivity index (χ3v) is 15.4. The van der Waals surface area contributed by atoms with Crippen LogP contribution in [0.15, 0.2) is 28.0 Å². The minimum Gasteiger partial charge on any atom is -0.126 e. The monoisotopic (exact) mass is 871 g/mol. The van der Waals surface area contributed by atoms with E-state index in [1.54, 1.807) is 5.56 Å². The molecule has 0 aliphatic heterocycles. The Morgan fingerprint density at radius 3 is 0.650 bits per heavy atom. The van der Waals surface area contributed by atoms with Gasteiger partial charge in [-0.15, -0.1) is 23.5 Å². The molecule has 1 aromatic carbocycles. The number of unbranched alkanes of at least 4 members (excludes halogenated alkanes) is 43. The van der Waals surface area contributed by atoms with Crippen molar-refractivity contribution in [2.45, 2.75) is 332 Å². The van der Waals surface area contributed by atoms with Gasteiger partial charge in [-0.05, 0) is 61.0 Å². The van der Waals surface area contributed by atoms with Gasteiger partial charge in [0.2, 0.25) is 0 Å². The van der Waals surface area contributed by atoms with Crippen LogP contribution in [0.25, 0.3) is 0 Å². The van der Waals surface area contributed by atoms with Crippen molar-refractivity contribution >= 4 is 23.5 Å². The normalized spacial score (nSPS) is 11.7. The lowest BCUT2D eigenvalue weighted by molar-refractivity contribution is 0.520. The van der Waals surface area contributed by atoms with Crippen LogP contribution in [0.4, 0.5) is 0 Å². The standard InChI is InChI=1S/C58H110S2/c1-4-7-10-12-14-16-18-20-22-24-26-28-30-32-34-36-38-40-42-44-46-48-51-59-57-53-56(50-9-6-3)54-58(55-57)60-52-49-47-45-43-41-39-37-35-33-31-29-27-25-23-21-19-17-15-13-11-8-5-2/h53-55H,4-52H2,1-3H3. The Bertz CT molecular complexity index is 872. The summed E-state index contributed by atoms with van der Waals surface area (Å²) in [6.45, 7) is 6.96. The second-order valence-corrected chi connectivity index (χ2v) is 21.8. The van der Waals surface area contributed by atoms with Crippen LogP contribution in [0.3, 0.4) is 0 Å². The highest BCUT2D eigenvalue weighted by Gasteiger charge is 2.05. The molecule has 0 saturated heterocycles. The van der Waals surface area contributed by atoms with Crippen LogP contribution < -0.4 is 0 Å². The number of hydrogen-bond donors (Lipinski definition) is 0. The van der Waals surface area contributed by atoms with Gasteiger partial charge in [0.15, 0.2) is 0 Å². The maximum Gasteiger partial charge on any atom is 0.00858 e. The lowest BCUT2D eigenvalue weighted by Crippen LogP contribution is -1.90. The zero-order chi connectivity index (χ0) is 42.9. The molecule has 1 rings (SSSR count). The molecule has 0 saturated carbocycles. The Balaban J connectivity index is 1.94. The predicted octanol–water partition coefficient (Wildman–Crippen LogP) is 22.4. The molecule has 1 aromatic rings. The maximum atomic E-state index is 2.52. The minimum absolute atomic E-state index is 1.25. The van der Waals surface area contributed by atoms with Crippen LogP contribution in [0.5, 0.6) is 0 Å². The predicted molar refractivity (Wildman–Crippen MR) is 281 cm³/mol. The van der Waals surface area contributed by atoms with E-state index in [4.69, 9.17) is 0 Å². The van der Waals surface area contributed by atoms with Crippen LogP contribution in [0, 0.1) is 0 Å². The number of aryl methyl sites for hydroxylation is 1. The van der Waals surface area contributed by atoms with Crippen molar-refractivity contribution in [2.75, 3.05) is 11.5 Å². The van der Waals surface area contributed by atoms with E-state index >= 15 is 0 Å². The van der Waals surface area contributed by atoms with Crippen molar-refractivity contribution in [2.24, 2.45) is 0 Å². The zero-order valence-electron chi connectivity index (χ0n) is 41.7. The highest BCUT2D eigenvalue weighted by molar-refractivity contribution is 8.00. The van der Waals surface area contributed by atoms with Gasteiger partial charge in [0.05, 0.1) is 0 Å². The molecule has 0 N–H and O–H groups in total. The molecule has 0 radical (unpaired) electrons. The van der Waals surface area contributed by atoms with E-state index in [1.807, 2.05) is 0 Å². The van der Waals surface area contributed by atoms with Gasteiger partial charge in [0.25, 0.3) is 0 Å². The largest absolute Gasteiger partial charge is 0.126 e. The molecule has 0 unspecified atom stereocenters. The second-order valence-electron chi connectivity index (χ2n) is 19.5. The first kappa shape index (κ1) is 57.9. The van der Waals surface area contributed by atoms with Crippen molar-refractivity contribution in [3.8, 4) is 0 Å². The van der Waals surface area contributed by atoms with E-state index in [0.717, 1.165) is 0 Å². The molecule has 0 spiro atoms. The molecule has 0 bridgehead atoms. The molecule has 60 heavy (non-hydrogen) atoms. The summed E-state index contributed by atoms with van der Waals surface area (Å²) in [5, 5.41) is 0. The Labute approximate surface area is 389 Å². The molecule has 0 aliphatic rings. The van der Waals surface area contributed by atoms with Gasteiger partial charge in [0, 0.05) is 9.79 Å². The molecule has 0 nitrogen and oxygen atoms in total. The Morgan fingerprint density at radius 2 is 0.433 bits per heavy atom. The molecule has 0 heterocycles. The van der Waals surface area contributed by atoms with Crippen molar-refractivity contribution in [1.82, 2.24) is 0 Å². The molecular formula is C58H110S2. The Morgan fingerprint density at radius 1 is 0.233 bits per heavy atom. The fourth-order valence-corrected chi connectivity index (χ4v) is 11.3. The smallest absolute Gasteiger partial charge is 0.00858 e. The number of benzene rings is 1. The first-order valence-corrected chi connectivity index (χ1v) is 30.2. The van der Waals surface area contributed by atoms with Crippen molar-refractivity contribution < 1.29 is 0 Å². The number of thioether (sulfide) groups is 2. The van der Waals surface area contributed by atoms with Gasteiger partial charge in [0.1, 0.15) is 0 Å². The Hall–Kier alpha value is -0.0800. The minimum atomic E-state index is 1.25. The maximum absolute atomic E-state index is 2.52. The van der Waals surface area contributed by atoms with Crippen molar-refractivity contribution in [3.05, 3.63) is 23.8 Å². The fourth-order valence-electron chi connectivity index (χ4n) is 9.12. The van der Waals surface area contributed by atoms with Crippen molar-refractivity contribution in [1.29, 1.82) is 0 Å². The molecule has 0 fully saturated rings. The lowest BCUT2D eigenvalue weighted by Gasteiger charge is -2.10. The van der Waals surface area contributed by atoms with E-state index in [9.17, 15) is 0 Å². The molecule has 2 heteroatoms. The third-order valence-electron chi connectivity index (χ3n) is 13.3. The SMILES string of the molecule is CCCCCCCCCCCCCCCCCCCCCCCCSc1cc(CCCC)cc(SCCCCCCCCCCCCCCCCCCCCCCCC)c1. The lowest BCUT2D eigenvalue weighted by atomic mass is 10.0. The van der Waals surface area contributed by atoms with E-state index in [2.05, 4.69) is 62.5 Å². The molecule has 0 aliphatic carbocycles. The third kappa shape index (κ3) is 43.2. The summed E-state index contributed by atoms with van der Waals surface area (Å²) < 4.78 is 0. The molecule has 0 amide bonds. The van der Waals surface area contributed by atoms with Crippen LogP contribution in [0.2, 0.25) is 0 Å². The first-order chi connectivity index (χ1) is 29.8. The number of rotatable bonds is 51. The van der Waals surface area contributed by atoms with Crippen LogP contribution in [-0.2, 0) is 6.42 Å². The van der Waals surface area contributed by atoms with Gasteiger partial charge >= 0.3 is 0 Å². The van der Waals surface area contributed by atoms with E-state index in [-0.39, 0.29) is 0 Å². The average Bonchev–Trinajstić information content (AvgIpc) is 3.26. The highest BCUT2D eigenvalue weighted by Crippen LogP contribution is 2.30. The van der Waals surface area contributed by atoms with Crippen molar-refractivity contribution in [3.63, 3.8) is 0 Å². The summed E-state index contributed by atoms with van der Waals surface area (Å²) in [7, 11) is 0. The fraction of sp³-hybridized carbons (Fsp3) is 0.897. The van der Waals surface area contributed by atoms with Crippen LogP contribution in [0.1, 0.15) is 322 Å². The molecule has 0 aromatic heterocycles. The highest BCUT2D eigenvalue weighted by atomic mass is 32.2. The Kier molecular flexibility index (Phi) is 48.2. The van der Waals surface area contributed by atoms with E-state index in [0.29, 0.717) is 0 Å². The summed E-state index contributed by atoms with van der Waals surface area (Å²) in [6.07, 6.45) is 68.2. The van der Waals surface area contributed by atoms with E-state index < -0.39 is 0 Å². The summed E-state index contributed by atoms with van der Waals surface area (Å²) in [6, 6.07) is 7.55. The van der Waals surface area contributed by atoms with Gasteiger partial charge in [-0.1, -0.05) is 297 Å². The topological polar surface area (TPSA) is 0 Å². The van der Waals surface area contributed by atoms with Gasteiger partial charge in [-0.2, -0.15) is 0 Å². The molecule has 354 valence electrons. The number of hydrogen-bond acceptors (Lipinski definition) is 2. The zero-order valence-corrected chi connectivity index (χ0v) is 43.3. The van der Waals surface area contributed by atoms with Crippen LogP contribution >= 0.6 is 23.5 Å². The summed E-state index contributed by atoms with van der Waals surface area (Å²) >= 11 is 4.26. The first-order valence-electron chi connectivity index (χ1n) is 28.2. The second kappa shape index (κ2) is 49.9.